The maximum absolute atomic E-state index is 5.59. The van der Waals surface area contributed by atoms with E-state index in [0.717, 1.165) is 13.1 Å². The Morgan fingerprint density at radius 3 is 1.21 bits per heavy atom. The van der Waals surface area contributed by atoms with Crippen LogP contribution < -0.4 is 9.67 Å². The summed E-state index contributed by atoms with van der Waals surface area (Å²) in [5.41, 5.74) is 0. The molecule has 0 amide bonds. The summed E-state index contributed by atoms with van der Waals surface area (Å²) in [6, 6.07) is 0. The molecule has 0 fully saturated rings. The second-order valence-corrected chi connectivity index (χ2v) is 5.03. The lowest BCUT2D eigenvalue weighted by Gasteiger charge is -2.32. The largest absolute Gasteiger partial charge is 0.233 e. The van der Waals surface area contributed by atoms with E-state index in [2.05, 4.69) is 37.4 Å². The van der Waals surface area contributed by atoms with Crippen LogP contribution in [0.25, 0.3) is 0 Å². The summed E-state index contributed by atoms with van der Waals surface area (Å²) in [6.07, 6.45) is 0. The maximum Gasteiger partial charge on any atom is 0.0142 e. The molecule has 0 aromatic rings. The number of hydrogen-bond donors (Lipinski definition) is 2. The molecule has 2 atom stereocenters. The Morgan fingerprint density at radius 2 is 1.07 bits per heavy atom. The Kier molecular flexibility index (Phi) is 8.02. The third-order valence-electron chi connectivity index (χ3n) is 2.89. The fourth-order valence-electron chi connectivity index (χ4n) is 1.94. The van der Waals surface area contributed by atoms with Gasteiger partial charge < -0.3 is 0 Å². The molecule has 0 radical (unpaired) electrons. The Labute approximate surface area is 98.0 Å². The molecule has 2 N–H and O–H groups in total. The molecule has 0 aliphatic carbocycles. The molecule has 86 valence electrons. The molecule has 0 rings (SSSR count). The Bertz CT molecular complexity index is 124. The van der Waals surface area contributed by atoms with Gasteiger partial charge in [-0.2, -0.15) is 0 Å². The van der Waals surface area contributed by atoms with Crippen molar-refractivity contribution < 1.29 is 0 Å². The third kappa shape index (κ3) is 4.83. The lowest BCUT2D eigenvalue weighted by atomic mass is 9.77. The van der Waals surface area contributed by atoms with Crippen LogP contribution in [-0.4, -0.2) is 13.1 Å². The summed E-state index contributed by atoms with van der Waals surface area (Å²) in [4.78, 5) is 5.49. The van der Waals surface area contributed by atoms with Gasteiger partial charge in [-0.25, -0.2) is 9.67 Å². The van der Waals surface area contributed by atoms with E-state index in [1.165, 1.54) is 0 Å². The van der Waals surface area contributed by atoms with Crippen LogP contribution >= 0.6 is 23.6 Å². The molecule has 0 bridgehead atoms. The summed E-state index contributed by atoms with van der Waals surface area (Å²) in [6.45, 7) is 10.6. The Balaban J connectivity index is 4.37. The predicted molar refractivity (Wildman–Crippen MR) is 64.4 cm³/mol. The van der Waals surface area contributed by atoms with Crippen LogP contribution in [0.5, 0.6) is 0 Å². The molecule has 0 aromatic heterocycles. The zero-order valence-corrected chi connectivity index (χ0v) is 11.0. The first-order valence-corrected chi connectivity index (χ1v) is 5.97. The van der Waals surface area contributed by atoms with Gasteiger partial charge in [-0.15, -0.1) is 0 Å². The SMILES string of the molecule is CC(C)C(CNCl)C(CNCl)C(C)C. The van der Waals surface area contributed by atoms with Gasteiger partial charge in [0.1, 0.15) is 0 Å². The maximum atomic E-state index is 5.59. The summed E-state index contributed by atoms with van der Waals surface area (Å²) in [5, 5.41) is 0. The van der Waals surface area contributed by atoms with E-state index in [-0.39, 0.29) is 0 Å². The predicted octanol–water partition coefficient (Wildman–Crippen LogP) is 3.02. The first-order valence-electron chi connectivity index (χ1n) is 5.21. The molecule has 2 unspecified atom stereocenters. The average molecular weight is 241 g/mol. The highest BCUT2D eigenvalue weighted by atomic mass is 35.5. The quantitative estimate of drug-likeness (QED) is 0.669. The van der Waals surface area contributed by atoms with Gasteiger partial charge in [-0.1, -0.05) is 27.7 Å². The molecule has 0 spiro atoms. The molecule has 0 heterocycles. The van der Waals surface area contributed by atoms with E-state index in [1.54, 1.807) is 0 Å². The van der Waals surface area contributed by atoms with Crippen LogP contribution in [-0.2, 0) is 0 Å². The third-order valence-corrected chi connectivity index (χ3v) is 3.20. The van der Waals surface area contributed by atoms with E-state index >= 15 is 0 Å². The first kappa shape index (κ1) is 14.5. The zero-order valence-electron chi connectivity index (χ0n) is 9.48. The molecule has 0 saturated carbocycles. The van der Waals surface area contributed by atoms with Gasteiger partial charge in [0, 0.05) is 13.1 Å². The van der Waals surface area contributed by atoms with E-state index in [9.17, 15) is 0 Å². The van der Waals surface area contributed by atoms with Crippen molar-refractivity contribution in [3.05, 3.63) is 0 Å². The highest BCUT2D eigenvalue weighted by Crippen LogP contribution is 2.26. The van der Waals surface area contributed by atoms with Crippen LogP contribution in [0.4, 0.5) is 0 Å². The standard InChI is InChI=1S/C10H22Cl2N2/c1-7(2)9(5-13-11)10(6-14-12)8(3)4/h7-10,13-14H,5-6H2,1-4H3. The highest BCUT2D eigenvalue weighted by molar-refractivity contribution is 6.13. The second kappa shape index (κ2) is 7.75. The second-order valence-electron chi connectivity index (χ2n) is 4.49. The fourth-order valence-corrected chi connectivity index (χ4v) is 2.30. The molecular formula is C10H22Cl2N2. The van der Waals surface area contributed by atoms with Gasteiger partial charge in [0.2, 0.25) is 0 Å². The minimum absolute atomic E-state index is 0.554. The van der Waals surface area contributed by atoms with Gasteiger partial charge in [0.05, 0.1) is 0 Å². The molecule has 4 heteroatoms. The summed E-state index contributed by atoms with van der Waals surface area (Å²) in [7, 11) is 0. The lowest BCUT2D eigenvalue weighted by molar-refractivity contribution is 0.201. The Morgan fingerprint density at radius 1 is 0.786 bits per heavy atom. The van der Waals surface area contributed by atoms with Crippen LogP contribution in [0.3, 0.4) is 0 Å². The van der Waals surface area contributed by atoms with Crippen molar-refractivity contribution in [2.24, 2.45) is 23.7 Å². The molecule has 2 nitrogen and oxygen atoms in total. The van der Waals surface area contributed by atoms with Gasteiger partial charge in [-0.05, 0) is 47.2 Å². The van der Waals surface area contributed by atoms with Crippen molar-refractivity contribution in [1.82, 2.24) is 9.67 Å². The molecule has 14 heavy (non-hydrogen) atoms. The van der Waals surface area contributed by atoms with Crippen LogP contribution in [0.15, 0.2) is 0 Å². The number of hydrogen-bond acceptors (Lipinski definition) is 2. The fraction of sp³-hybridized carbons (Fsp3) is 1.00. The Hall–Kier alpha value is 0.500. The number of rotatable bonds is 7. The van der Waals surface area contributed by atoms with Crippen molar-refractivity contribution in [3.63, 3.8) is 0 Å². The average Bonchev–Trinajstić information content (AvgIpc) is 2.10. The monoisotopic (exact) mass is 240 g/mol. The van der Waals surface area contributed by atoms with Crippen molar-refractivity contribution in [2.45, 2.75) is 27.7 Å². The van der Waals surface area contributed by atoms with Crippen molar-refractivity contribution in [1.29, 1.82) is 0 Å². The van der Waals surface area contributed by atoms with E-state index in [1.807, 2.05) is 0 Å². The van der Waals surface area contributed by atoms with Crippen LogP contribution in [0.2, 0.25) is 0 Å². The summed E-state index contributed by atoms with van der Waals surface area (Å²) in [5.74, 6) is 2.33. The van der Waals surface area contributed by atoms with E-state index < -0.39 is 0 Å². The smallest absolute Gasteiger partial charge is 0.0142 e. The molecule has 0 aromatic carbocycles. The van der Waals surface area contributed by atoms with E-state index in [0.29, 0.717) is 23.7 Å². The normalized spacial score (nSPS) is 16.3. The van der Waals surface area contributed by atoms with Gasteiger partial charge >= 0.3 is 0 Å². The lowest BCUT2D eigenvalue weighted by Crippen LogP contribution is -2.36. The number of nitrogens with one attached hydrogen (secondary N) is 2. The molecule has 0 aliphatic heterocycles. The number of halogens is 2. The topological polar surface area (TPSA) is 24.1 Å². The summed E-state index contributed by atoms with van der Waals surface area (Å²) < 4.78 is 0. The highest BCUT2D eigenvalue weighted by Gasteiger charge is 2.26. The minimum atomic E-state index is 0.554. The molecule has 0 aliphatic rings. The molecule has 0 saturated heterocycles. The van der Waals surface area contributed by atoms with E-state index in [4.69, 9.17) is 23.6 Å². The van der Waals surface area contributed by atoms with Crippen molar-refractivity contribution in [3.8, 4) is 0 Å². The van der Waals surface area contributed by atoms with Crippen molar-refractivity contribution >= 4 is 23.6 Å². The van der Waals surface area contributed by atoms with Crippen molar-refractivity contribution in [2.75, 3.05) is 13.1 Å². The van der Waals surface area contributed by atoms with Gasteiger partial charge in [0.15, 0.2) is 0 Å². The van der Waals surface area contributed by atoms with Gasteiger partial charge in [-0.3, -0.25) is 0 Å². The van der Waals surface area contributed by atoms with Crippen LogP contribution in [0.1, 0.15) is 27.7 Å². The summed E-state index contributed by atoms with van der Waals surface area (Å²) >= 11 is 11.2. The first-order chi connectivity index (χ1) is 6.54. The zero-order chi connectivity index (χ0) is 11.1. The van der Waals surface area contributed by atoms with Gasteiger partial charge in [0.25, 0.3) is 0 Å². The molecular weight excluding hydrogens is 219 g/mol. The van der Waals surface area contributed by atoms with Crippen LogP contribution in [0, 0.1) is 23.7 Å². The minimum Gasteiger partial charge on any atom is -0.233 e.